The molecular weight excluding hydrogens is 256 g/mol. The van der Waals surface area contributed by atoms with Crippen molar-refractivity contribution < 1.29 is 0 Å². The van der Waals surface area contributed by atoms with E-state index in [-0.39, 0.29) is 0 Å². The predicted octanol–water partition coefficient (Wildman–Crippen LogP) is 4.95. The topological polar surface area (TPSA) is 38.0 Å². The fourth-order valence-electron chi connectivity index (χ4n) is 4.36. The maximum Gasteiger partial charge on any atom is 0.0447 e. The average Bonchev–Trinajstić information content (AvgIpc) is 2.41. The van der Waals surface area contributed by atoms with Crippen molar-refractivity contribution >= 4 is 0 Å². The largest absolute Gasteiger partial charge is 0.271 e. The molecule has 1 saturated carbocycles. The maximum absolute atomic E-state index is 5.95. The van der Waals surface area contributed by atoms with E-state index < -0.39 is 0 Å². The van der Waals surface area contributed by atoms with Crippen LogP contribution in [0.25, 0.3) is 0 Å². The van der Waals surface area contributed by atoms with Gasteiger partial charge < -0.3 is 0 Å². The van der Waals surface area contributed by atoms with E-state index in [0.29, 0.717) is 11.5 Å². The molecule has 0 radical (unpaired) electrons. The van der Waals surface area contributed by atoms with Gasteiger partial charge in [-0.05, 0) is 68.6 Å². The van der Waals surface area contributed by atoms with E-state index in [1.165, 1.54) is 64.2 Å². The standard InChI is InChI=1S/C19H36N2/c1-19(2,3)17-13-11-16(12-14-17)18(21-20)15-9-7-5-4-6-8-10-15/h9,16-18,21H,4-8,10-14,20H2,1-3H3. The number of nitrogens with two attached hydrogens (primary N) is 1. The van der Waals surface area contributed by atoms with Crippen LogP contribution in [0.4, 0.5) is 0 Å². The van der Waals surface area contributed by atoms with Crippen molar-refractivity contribution in [2.75, 3.05) is 0 Å². The summed E-state index contributed by atoms with van der Waals surface area (Å²) in [6.45, 7) is 7.19. The maximum atomic E-state index is 5.95. The number of hydrazine groups is 1. The lowest BCUT2D eigenvalue weighted by Gasteiger charge is -2.40. The highest BCUT2D eigenvalue weighted by Gasteiger charge is 2.33. The van der Waals surface area contributed by atoms with Crippen LogP contribution in [0, 0.1) is 17.3 Å². The third-order valence-electron chi connectivity index (χ3n) is 5.87. The normalized spacial score (nSPS) is 30.2. The highest BCUT2D eigenvalue weighted by molar-refractivity contribution is 5.13. The molecule has 0 amide bonds. The van der Waals surface area contributed by atoms with Crippen molar-refractivity contribution in [2.45, 2.75) is 91.0 Å². The van der Waals surface area contributed by atoms with Gasteiger partial charge in [0.25, 0.3) is 0 Å². The second kappa shape index (κ2) is 7.78. The molecule has 0 heterocycles. The SMILES string of the molecule is CC(C)(C)C1CCC(C(NN)C2=CCCCCCC2)CC1. The van der Waals surface area contributed by atoms with Gasteiger partial charge in [0.05, 0.1) is 0 Å². The third kappa shape index (κ3) is 4.82. The molecule has 122 valence electrons. The van der Waals surface area contributed by atoms with Crippen molar-refractivity contribution in [2.24, 2.45) is 23.1 Å². The lowest BCUT2D eigenvalue weighted by atomic mass is 9.67. The van der Waals surface area contributed by atoms with Gasteiger partial charge in [-0.2, -0.15) is 0 Å². The Labute approximate surface area is 131 Å². The molecule has 0 aromatic rings. The summed E-state index contributed by atoms with van der Waals surface area (Å²) in [5.41, 5.74) is 5.25. The molecular formula is C19H36N2. The van der Waals surface area contributed by atoms with Crippen molar-refractivity contribution in [1.82, 2.24) is 5.43 Å². The first-order chi connectivity index (χ1) is 10.0. The van der Waals surface area contributed by atoms with Crippen LogP contribution in [-0.2, 0) is 0 Å². The zero-order valence-corrected chi connectivity index (χ0v) is 14.5. The van der Waals surface area contributed by atoms with Crippen LogP contribution >= 0.6 is 0 Å². The summed E-state index contributed by atoms with van der Waals surface area (Å²) in [6.07, 6.45) is 15.9. The Morgan fingerprint density at radius 3 is 2.33 bits per heavy atom. The lowest BCUT2D eigenvalue weighted by molar-refractivity contribution is 0.137. The molecule has 2 aliphatic carbocycles. The first kappa shape index (κ1) is 17.0. The fourth-order valence-corrected chi connectivity index (χ4v) is 4.36. The van der Waals surface area contributed by atoms with Crippen molar-refractivity contribution in [3.8, 4) is 0 Å². The average molecular weight is 293 g/mol. The quantitative estimate of drug-likeness (QED) is 0.439. The smallest absolute Gasteiger partial charge is 0.0447 e. The molecule has 0 aliphatic heterocycles. The zero-order chi connectivity index (χ0) is 15.3. The minimum Gasteiger partial charge on any atom is -0.271 e. The van der Waals surface area contributed by atoms with Crippen LogP contribution in [0.3, 0.4) is 0 Å². The van der Waals surface area contributed by atoms with E-state index in [1.807, 2.05) is 0 Å². The summed E-state index contributed by atoms with van der Waals surface area (Å²) >= 11 is 0. The Hall–Kier alpha value is -0.340. The molecule has 2 aliphatic rings. The predicted molar refractivity (Wildman–Crippen MR) is 91.8 cm³/mol. The molecule has 2 rings (SSSR count). The first-order valence-electron chi connectivity index (χ1n) is 9.17. The lowest BCUT2D eigenvalue weighted by Crippen LogP contribution is -2.44. The van der Waals surface area contributed by atoms with Crippen LogP contribution in [-0.4, -0.2) is 6.04 Å². The van der Waals surface area contributed by atoms with Crippen molar-refractivity contribution in [1.29, 1.82) is 0 Å². The van der Waals surface area contributed by atoms with Crippen molar-refractivity contribution in [3.63, 3.8) is 0 Å². The molecule has 3 N–H and O–H groups in total. The van der Waals surface area contributed by atoms with Crippen LogP contribution in [0.15, 0.2) is 11.6 Å². The molecule has 2 heteroatoms. The van der Waals surface area contributed by atoms with E-state index in [2.05, 4.69) is 32.3 Å². The third-order valence-corrected chi connectivity index (χ3v) is 5.87. The Kier molecular flexibility index (Phi) is 6.31. The zero-order valence-electron chi connectivity index (χ0n) is 14.5. The molecule has 0 bridgehead atoms. The van der Waals surface area contributed by atoms with E-state index in [0.717, 1.165) is 11.8 Å². The van der Waals surface area contributed by atoms with Gasteiger partial charge in [-0.3, -0.25) is 11.3 Å². The van der Waals surface area contributed by atoms with Gasteiger partial charge >= 0.3 is 0 Å². The minimum atomic E-state index is 0.434. The monoisotopic (exact) mass is 292 g/mol. The molecule has 0 aromatic carbocycles. The Morgan fingerprint density at radius 2 is 1.71 bits per heavy atom. The van der Waals surface area contributed by atoms with E-state index in [1.54, 1.807) is 5.57 Å². The van der Waals surface area contributed by atoms with Gasteiger partial charge in [-0.25, -0.2) is 0 Å². The van der Waals surface area contributed by atoms with Crippen LogP contribution in [0.5, 0.6) is 0 Å². The molecule has 1 atom stereocenters. The number of allylic oxidation sites excluding steroid dienone is 1. The van der Waals surface area contributed by atoms with Gasteiger partial charge in [-0.1, -0.05) is 45.3 Å². The molecule has 0 spiro atoms. The Balaban J connectivity index is 1.95. The van der Waals surface area contributed by atoms with E-state index in [9.17, 15) is 0 Å². The van der Waals surface area contributed by atoms with E-state index >= 15 is 0 Å². The molecule has 0 saturated heterocycles. The van der Waals surface area contributed by atoms with Gasteiger partial charge in [-0.15, -0.1) is 0 Å². The van der Waals surface area contributed by atoms with Gasteiger partial charge in [0.1, 0.15) is 0 Å². The van der Waals surface area contributed by atoms with Gasteiger partial charge in [0.15, 0.2) is 0 Å². The summed E-state index contributed by atoms with van der Waals surface area (Å²) in [7, 11) is 0. The number of hydrogen-bond donors (Lipinski definition) is 2. The first-order valence-corrected chi connectivity index (χ1v) is 9.17. The highest BCUT2D eigenvalue weighted by Crippen LogP contribution is 2.41. The minimum absolute atomic E-state index is 0.434. The summed E-state index contributed by atoms with van der Waals surface area (Å²) in [4.78, 5) is 0. The summed E-state index contributed by atoms with van der Waals surface area (Å²) in [5, 5.41) is 0. The Bertz CT molecular complexity index is 332. The summed E-state index contributed by atoms with van der Waals surface area (Å²) in [6, 6.07) is 0.434. The molecule has 21 heavy (non-hydrogen) atoms. The molecule has 2 nitrogen and oxygen atoms in total. The van der Waals surface area contributed by atoms with Crippen LogP contribution < -0.4 is 11.3 Å². The highest BCUT2D eigenvalue weighted by atomic mass is 15.2. The number of nitrogens with one attached hydrogen (secondary N) is 1. The van der Waals surface area contributed by atoms with Crippen molar-refractivity contribution in [3.05, 3.63) is 11.6 Å². The summed E-state index contributed by atoms with van der Waals surface area (Å²) < 4.78 is 0. The molecule has 1 unspecified atom stereocenters. The second-order valence-corrected chi connectivity index (χ2v) is 8.35. The number of hydrogen-bond acceptors (Lipinski definition) is 2. The van der Waals surface area contributed by atoms with E-state index in [4.69, 9.17) is 5.84 Å². The van der Waals surface area contributed by atoms with Crippen LogP contribution in [0.2, 0.25) is 0 Å². The number of rotatable bonds is 3. The molecule has 0 aromatic heterocycles. The van der Waals surface area contributed by atoms with Crippen LogP contribution in [0.1, 0.15) is 85.0 Å². The second-order valence-electron chi connectivity index (χ2n) is 8.35. The summed E-state index contributed by atoms with van der Waals surface area (Å²) in [5.74, 6) is 7.59. The molecule has 1 fully saturated rings. The fraction of sp³-hybridized carbons (Fsp3) is 0.895. The van der Waals surface area contributed by atoms with Gasteiger partial charge in [0, 0.05) is 6.04 Å². The Morgan fingerprint density at radius 1 is 1.05 bits per heavy atom. The van der Waals surface area contributed by atoms with Gasteiger partial charge in [0.2, 0.25) is 0 Å².